The molecule has 0 radical (unpaired) electrons. The summed E-state index contributed by atoms with van der Waals surface area (Å²) >= 11 is 0. The molecule has 0 heterocycles. The lowest BCUT2D eigenvalue weighted by Gasteiger charge is -2.20. The molecule has 4 amide bonds. The van der Waals surface area contributed by atoms with Crippen LogP contribution in [-0.2, 0) is 23.9 Å². The first-order valence-electron chi connectivity index (χ1n) is 12.3. The molecule has 0 bridgehead atoms. The summed E-state index contributed by atoms with van der Waals surface area (Å²) in [4.78, 5) is 56.0. The summed E-state index contributed by atoms with van der Waals surface area (Å²) in [6.45, 7) is 12.6. The van der Waals surface area contributed by atoms with Crippen molar-refractivity contribution >= 4 is 30.0 Å². The maximum atomic E-state index is 11.9. The van der Waals surface area contributed by atoms with Gasteiger partial charge in [0.15, 0.2) is 0 Å². The van der Waals surface area contributed by atoms with E-state index in [0.29, 0.717) is 25.9 Å². The number of nitrogens with one attached hydrogen (secondary N) is 4. The van der Waals surface area contributed by atoms with Crippen LogP contribution in [0.3, 0.4) is 0 Å². The number of rotatable bonds is 13. The lowest BCUT2D eigenvalue weighted by atomic mass is 10.1. The van der Waals surface area contributed by atoms with Gasteiger partial charge in [-0.2, -0.15) is 0 Å². The van der Waals surface area contributed by atoms with Crippen LogP contribution in [0.15, 0.2) is 0 Å². The number of hydrogen-bond donors (Lipinski definition) is 6. The molecule has 0 saturated heterocycles. The van der Waals surface area contributed by atoms with Gasteiger partial charge in [-0.15, -0.1) is 0 Å². The number of ether oxygens (including phenoxy) is 2. The van der Waals surface area contributed by atoms with Gasteiger partial charge in [-0.3, -0.25) is 14.4 Å². The number of alkyl carbamates (subject to hydrolysis) is 2. The highest BCUT2D eigenvalue weighted by Crippen LogP contribution is 2.07. The summed E-state index contributed by atoms with van der Waals surface area (Å²) < 4.78 is 10.1. The topological polar surface area (TPSA) is 192 Å². The second kappa shape index (κ2) is 19.1. The molecule has 0 rings (SSSR count). The van der Waals surface area contributed by atoms with Crippen LogP contribution in [0.5, 0.6) is 0 Å². The molecule has 0 aromatic heterocycles. The fourth-order valence-electron chi connectivity index (χ4n) is 2.45. The Morgan fingerprint density at radius 3 is 1.68 bits per heavy atom. The fourth-order valence-corrected chi connectivity index (χ4v) is 2.45. The van der Waals surface area contributed by atoms with Crippen LogP contribution >= 0.6 is 0 Å². The number of aliphatic hydroxyl groups excluding tert-OH is 1. The number of carbonyl (C=O) groups excluding carboxylic acids is 4. The highest BCUT2D eigenvalue weighted by atomic mass is 16.6. The Morgan fingerprint density at radius 1 is 0.784 bits per heavy atom. The van der Waals surface area contributed by atoms with E-state index in [0.717, 1.165) is 12.8 Å². The molecule has 37 heavy (non-hydrogen) atoms. The van der Waals surface area contributed by atoms with Crippen LogP contribution in [-0.4, -0.2) is 83.7 Å². The number of unbranched alkanes of at least 4 members (excludes halogenated alkanes) is 2. The molecule has 0 aliphatic heterocycles. The second-order valence-electron chi connectivity index (χ2n) is 10.1. The highest BCUT2D eigenvalue weighted by molar-refractivity contribution is 5.89. The van der Waals surface area contributed by atoms with E-state index >= 15 is 0 Å². The Kier molecular flexibility index (Phi) is 18.6. The summed E-state index contributed by atoms with van der Waals surface area (Å²) in [6, 6.07) is -0.958. The van der Waals surface area contributed by atoms with Crippen molar-refractivity contribution in [2.45, 2.75) is 97.8 Å². The van der Waals surface area contributed by atoms with E-state index in [9.17, 15) is 24.0 Å². The van der Waals surface area contributed by atoms with Crippen LogP contribution < -0.4 is 21.3 Å². The molecule has 0 aliphatic rings. The Balaban J connectivity index is 0. The van der Waals surface area contributed by atoms with E-state index in [-0.39, 0.29) is 12.5 Å². The number of aliphatic hydroxyl groups is 1. The van der Waals surface area contributed by atoms with Gasteiger partial charge < -0.3 is 41.0 Å². The molecule has 216 valence electrons. The number of carboxylic acid groups (broad SMARTS) is 1. The fraction of sp³-hybridized carbons (Fsp3) is 0.792. The van der Waals surface area contributed by atoms with Crippen molar-refractivity contribution in [2.24, 2.45) is 0 Å². The van der Waals surface area contributed by atoms with Crippen molar-refractivity contribution in [1.29, 1.82) is 0 Å². The SMILES string of the molecule is CC(C)(C)OC(=O)NCCCCC(NC(=O)CO)C(=O)NCC(=O)O.CCCCNC(=O)OC(C)(C)C. The smallest absolute Gasteiger partial charge is 0.407 e. The van der Waals surface area contributed by atoms with E-state index in [4.69, 9.17) is 19.7 Å². The third kappa shape index (κ3) is 25.8. The molecule has 0 saturated carbocycles. The van der Waals surface area contributed by atoms with Gasteiger partial charge in [0.25, 0.3) is 0 Å². The van der Waals surface area contributed by atoms with Gasteiger partial charge in [-0.25, -0.2) is 9.59 Å². The zero-order chi connectivity index (χ0) is 29.1. The molecular weight excluding hydrogens is 488 g/mol. The maximum Gasteiger partial charge on any atom is 0.407 e. The van der Waals surface area contributed by atoms with Crippen molar-refractivity contribution in [2.75, 3.05) is 26.2 Å². The third-order valence-electron chi connectivity index (χ3n) is 4.00. The van der Waals surface area contributed by atoms with E-state index in [1.54, 1.807) is 20.8 Å². The molecule has 0 fully saturated rings. The molecule has 0 aromatic carbocycles. The van der Waals surface area contributed by atoms with E-state index < -0.39 is 54.3 Å². The van der Waals surface area contributed by atoms with Crippen molar-refractivity contribution in [3.8, 4) is 0 Å². The average molecular weight is 535 g/mol. The minimum absolute atomic E-state index is 0.229. The Labute approximate surface area is 219 Å². The Hall–Kier alpha value is -3.09. The molecule has 1 atom stereocenters. The van der Waals surface area contributed by atoms with E-state index in [1.165, 1.54) is 0 Å². The van der Waals surface area contributed by atoms with Crippen molar-refractivity contribution in [1.82, 2.24) is 21.3 Å². The van der Waals surface area contributed by atoms with Crippen LogP contribution in [0, 0.1) is 0 Å². The van der Waals surface area contributed by atoms with Gasteiger partial charge >= 0.3 is 18.2 Å². The maximum absolute atomic E-state index is 11.9. The largest absolute Gasteiger partial charge is 0.480 e. The van der Waals surface area contributed by atoms with Gasteiger partial charge in [-0.1, -0.05) is 13.3 Å². The average Bonchev–Trinajstić information content (AvgIpc) is 2.74. The first kappa shape index (κ1) is 36.1. The van der Waals surface area contributed by atoms with Crippen LogP contribution in [0.2, 0.25) is 0 Å². The summed E-state index contributed by atoms with van der Waals surface area (Å²) in [7, 11) is 0. The summed E-state index contributed by atoms with van der Waals surface area (Å²) in [5.74, 6) is -2.59. The van der Waals surface area contributed by atoms with Crippen molar-refractivity contribution < 1.29 is 43.7 Å². The van der Waals surface area contributed by atoms with Crippen molar-refractivity contribution in [3.63, 3.8) is 0 Å². The second-order valence-corrected chi connectivity index (χ2v) is 10.1. The number of carbonyl (C=O) groups is 5. The zero-order valence-electron chi connectivity index (χ0n) is 23.2. The molecule has 6 N–H and O–H groups in total. The predicted molar refractivity (Wildman–Crippen MR) is 137 cm³/mol. The van der Waals surface area contributed by atoms with E-state index in [2.05, 4.69) is 28.2 Å². The minimum atomic E-state index is -1.21. The van der Waals surface area contributed by atoms with Crippen LogP contribution in [0.1, 0.15) is 80.6 Å². The van der Waals surface area contributed by atoms with Gasteiger partial charge in [0.05, 0.1) is 0 Å². The Morgan fingerprint density at radius 2 is 1.27 bits per heavy atom. The molecule has 13 heteroatoms. The molecule has 0 aromatic rings. The monoisotopic (exact) mass is 534 g/mol. The molecular formula is C24H46N4O9. The number of aliphatic carboxylic acids is 1. The van der Waals surface area contributed by atoms with Gasteiger partial charge in [0.1, 0.15) is 30.4 Å². The standard InChI is InChI=1S/C15H27N3O7.C9H19NO2/c1-15(2,3)25-14(24)16-7-5-4-6-10(18-11(20)9-19)13(23)17-8-12(21)22;1-5-6-7-10-8(11)12-9(2,3)4/h10,19H,4-9H2,1-3H3,(H,16,24)(H,17,23)(H,18,20)(H,21,22);5-7H2,1-4H3,(H,10,11). The van der Waals surface area contributed by atoms with Crippen LogP contribution in [0.25, 0.3) is 0 Å². The quantitative estimate of drug-likeness (QED) is 0.191. The third-order valence-corrected chi connectivity index (χ3v) is 4.00. The van der Waals surface area contributed by atoms with E-state index in [1.807, 2.05) is 20.8 Å². The molecule has 1 unspecified atom stereocenters. The number of carboxylic acids is 1. The summed E-state index contributed by atoms with van der Waals surface area (Å²) in [5, 5.41) is 27.0. The number of amides is 4. The van der Waals surface area contributed by atoms with Gasteiger partial charge in [-0.05, 0) is 67.2 Å². The summed E-state index contributed by atoms with van der Waals surface area (Å²) in [6.07, 6.45) is 2.44. The number of hydrogen-bond acceptors (Lipinski definition) is 8. The molecule has 0 spiro atoms. The first-order chi connectivity index (χ1) is 17.0. The van der Waals surface area contributed by atoms with Gasteiger partial charge in [0, 0.05) is 13.1 Å². The van der Waals surface area contributed by atoms with Gasteiger partial charge in [0.2, 0.25) is 11.8 Å². The van der Waals surface area contributed by atoms with Crippen LogP contribution in [0.4, 0.5) is 9.59 Å². The minimum Gasteiger partial charge on any atom is -0.480 e. The van der Waals surface area contributed by atoms with Crippen molar-refractivity contribution in [3.05, 3.63) is 0 Å². The Bertz CT molecular complexity index is 716. The molecule has 0 aliphatic carbocycles. The molecule has 13 nitrogen and oxygen atoms in total. The zero-order valence-corrected chi connectivity index (χ0v) is 23.2. The lowest BCUT2D eigenvalue weighted by molar-refractivity contribution is -0.138. The first-order valence-corrected chi connectivity index (χ1v) is 12.3. The normalized spacial score (nSPS) is 11.7. The summed E-state index contributed by atoms with van der Waals surface area (Å²) in [5.41, 5.74) is -0.984. The lowest BCUT2D eigenvalue weighted by Crippen LogP contribution is -2.48. The predicted octanol–water partition coefficient (Wildman–Crippen LogP) is 1.67. The highest BCUT2D eigenvalue weighted by Gasteiger charge is 2.21.